The zero-order valence-electron chi connectivity index (χ0n) is 12.5. The molecular formula is C17H28N2. The quantitative estimate of drug-likeness (QED) is 0.758. The van der Waals surface area contributed by atoms with Crippen LogP contribution in [0.15, 0.2) is 24.3 Å². The number of likely N-dealkylation sites (tertiary alicyclic amines) is 1. The van der Waals surface area contributed by atoms with E-state index in [9.17, 15) is 0 Å². The van der Waals surface area contributed by atoms with Crippen LogP contribution in [0.3, 0.4) is 0 Å². The fourth-order valence-electron chi connectivity index (χ4n) is 2.77. The lowest BCUT2D eigenvalue weighted by atomic mass is 10.1. The molecule has 2 rings (SSSR count). The Morgan fingerprint density at radius 1 is 1.16 bits per heavy atom. The zero-order valence-corrected chi connectivity index (χ0v) is 12.5. The van der Waals surface area contributed by atoms with Gasteiger partial charge in [0.25, 0.3) is 0 Å². The van der Waals surface area contributed by atoms with E-state index in [4.69, 9.17) is 0 Å². The minimum atomic E-state index is 0.879. The number of benzene rings is 1. The molecule has 1 aromatic rings. The van der Waals surface area contributed by atoms with Crippen molar-refractivity contribution in [3.8, 4) is 0 Å². The number of nitrogens with zero attached hydrogens (tertiary/aromatic N) is 1. The maximum Gasteiger partial charge on any atom is 0.0233 e. The van der Waals surface area contributed by atoms with E-state index in [1.807, 2.05) is 0 Å². The van der Waals surface area contributed by atoms with Crippen molar-refractivity contribution < 1.29 is 0 Å². The molecule has 1 aliphatic heterocycles. The molecule has 0 spiro atoms. The molecule has 0 aliphatic carbocycles. The fraction of sp³-hybridized carbons (Fsp3) is 0.647. The highest BCUT2D eigenvalue weighted by Gasteiger charge is 2.18. The van der Waals surface area contributed by atoms with Crippen LogP contribution >= 0.6 is 0 Å². The first-order chi connectivity index (χ1) is 9.28. The average molecular weight is 260 g/mol. The molecule has 2 heteroatoms. The van der Waals surface area contributed by atoms with Crippen molar-refractivity contribution in [1.82, 2.24) is 10.2 Å². The third-order valence-corrected chi connectivity index (χ3v) is 3.95. The molecule has 1 aliphatic rings. The van der Waals surface area contributed by atoms with Gasteiger partial charge in [-0.05, 0) is 55.9 Å². The lowest BCUT2D eigenvalue weighted by molar-refractivity contribution is 0.320. The van der Waals surface area contributed by atoms with E-state index in [1.165, 1.54) is 37.1 Å². The molecule has 1 N–H and O–H groups in total. The van der Waals surface area contributed by atoms with Crippen LogP contribution in [0.4, 0.5) is 0 Å². The van der Waals surface area contributed by atoms with Crippen molar-refractivity contribution in [3.63, 3.8) is 0 Å². The Morgan fingerprint density at radius 2 is 1.89 bits per heavy atom. The summed E-state index contributed by atoms with van der Waals surface area (Å²) in [5, 5.41) is 3.45. The van der Waals surface area contributed by atoms with Gasteiger partial charge in [0.05, 0.1) is 0 Å². The summed E-state index contributed by atoms with van der Waals surface area (Å²) in [5.41, 5.74) is 2.90. The summed E-state index contributed by atoms with van der Waals surface area (Å²) >= 11 is 0. The third-order valence-electron chi connectivity index (χ3n) is 3.95. The van der Waals surface area contributed by atoms with Crippen molar-refractivity contribution >= 4 is 0 Å². The molecule has 1 unspecified atom stereocenters. The summed E-state index contributed by atoms with van der Waals surface area (Å²) < 4.78 is 0. The van der Waals surface area contributed by atoms with Crippen molar-refractivity contribution in [2.45, 2.75) is 39.7 Å². The van der Waals surface area contributed by atoms with Crippen LogP contribution < -0.4 is 5.32 Å². The number of hydrogen-bond donors (Lipinski definition) is 1. The molecule has 0 aromatic heterocycles. The molecular weight excluding hydrogens is 232 g/mol. The van der Waals surface area contributed by atoms with Gasteiger partial charge in [0, 0.05) is 13.1 Å². The second kappa shape index (κ2) is 7.66. The molecule has 0 amide bonds. The largest absolute Gasteiger partial charge is 0.316 e. The van der Waals surface area contributed by atoms with E-state index in [0.29, 0.717) is 0 Å². The average Bonchev–Trinajstić information content (AvgIpc) is 2.82. The van der Waals surface area contributed by atoms with Gasteiger partial charge < -0.3 is 5.32 Å². The monoisotopic (exact) mass is 260 g/mol. The van der Waals surface area contributed by atoms with Crippen LogP contribution in [0.25, 0.3) is 0 Å². The Kier molecular flexibility index (Phi) is 5.87. The highest BCUT2D eigenvalue weighted by atomic mass is 15.1. The van der Waals surface area contributed by atoms with E-state index in [1.54, 1.807) is 0 Å². The smallest absolute Gasteiger partial charge is 0.0233 e. The Hall–Kier alpha value is -0.860. The second-order valence-corrected chi connectivity index (χ2v) is 5.95. The van der Waals surface area contributed by atoms with Gasteiger partial charge in [-0.15, -0.1) is 0 Å². The number of nitrogens with one attached hydrogen (secondary N) is 1. The molecule has 1 fully saturated rings. The minimum Gasteiger partial charge on any atom is -0.316 e. The summed E-state index contributed by atoms with van der Waals surface area (Å²) in [6.45, 7) is 10.4. The van der Waals surface area contributed by atoms with Crippen LogP contribution in [0.1, 0.15) is 37.8 Å². The first-order valence-electron chi connectivity index (χ1n) is 7.79. The lowest BCUT2D eigenvalue weighted by Crippen LogP contribution is -2.19. The Bertz CT molecular complexity index is 358. The van der Waals surface area contributed by atoms with Gasteiger partial charge in [-0.1, -0.05) is 38.1 Å². The predicted octanol–water partition coefficient (Wildman–Crippen LogP) is 3.07. The number of hydrogen-bond acceptors (Lipinski definition) is 2. The molecule has 19 heavy (non-hydrogen) atoms. The van der Waals surface area contributed by atoms with E-state index < -0.39 is 0 Å². The SMILES string of the molecule is CCCNCCc1ccc(CN2CCC(C)C2)cc1. The molecule has 106 valence electrons. The van der Waals surface area contributed by atoms with Crippen molar-refractivity contribution in [2.24, 2.45) is 5.92 Å². The Morgan fingerprint density at radius 3 is 2.53 bits per heavy atom. The number of rotatable bonds is 7. The van der Waals surface area contributed by atoms with Gasteiger partial charge in [-0.25, -0.2) is 0 Å². The highest BCUT2D eigenvalue weighted by Crippen LogP contribution is 2.18. The van der Waals surface area contributed by atoms with Crippen LogP contribution in [0.2, 0.25) is 0 Å². The zero-order chi connectivity index (χ0) is 13.5. The van der Waals surface area contributed by atoms with Crippen molar-refractivity contribution in [2.75, 3.05) is 26.2 Å². The standard InChI is InChI=1S/C17H28N2/c1-3-10-18-11-8-16-4-6-17(7-5-16)14-19-12-9-15(2)13-19/h4-7,15,18H,3,8-14H2,1-2H3. The normalized spacial score (nSPS) is 20.0. The summed E-state index contributed by atoms with van der Waals surface area (Å²) in [6, 6.07) is 9.20. The lowest BCUT2D eigenvalue weighted by Gasteiger charge is -2.15. The summed E-state index contributed by atoms with van der Waals surface area (Å²) in [6.07, 6.45) is 3.72. The van der Waals surface area contributed by atoms with Gasteiger partial charge in [0.1, 0.15) is 0 Å². The minimum absolute atomic E-state index is 0.879. The molecule has 1 aromatic carbocycles. The molecule has 1 atom stereocenters. The summed E-state index contributed by atoms with van der Waals surface area (Å²) in [4.78, 5) is 2.57. The fourth-order valence-corrected chi connectivity index (χ4v) is 2.77. The molecule has 0 saturated carbocycles. The van der Waals surface area contributed by atoms with Gasteiger partial charge >= 0.3 is 0 Å². The van der Waals surface area contributed by atoms with Gasteiger partial charge in [0.15, 0.2) is 0 Å². The maximum atomic E-state index is 3.45. The van der Waals surface area contributed by atoms with E-state index in [-0.39, 0.29) is 0 Å². The van der Waals surface area contributed by atoms with E-state index in [0.717, 1.165) is 32.0 Å². The van der Waals surface area contributed by atoms with Gasteiger partial charge in [0.2, 0.25) is 0 Å². The topological polar surface area (TPSA) is 15.3 Å². The summed E-state index contributed by atoms with van der Waals surface area (Å²) in [5.74, 6) is 0.879. The van der Waals surface area contributed by atoms with Crippen LogP contribution in [0.5, 0.6) is 0 Å². The van der Waals surface area contributed by atoms with E-state index in [2.05, 4.69) is 48.3 Å². The molecule has 2 nitrogen and oxygen atoms in total. The van der Waals surface area contributed by atoms with Gasteiger partial charge in [-0.3, -0.25) is 4.90 Å². The molecule has 0 bridgehead atoms. The van der Waals surface area contributed by atoms with Crippen molar-refractivity contribution in [1.29, 1.82) is 0 Å². The molecule has 1 heterocycles. The first kappa shape index (κ1) is 14.5. The first-order valence-corrected chi connectivity index (χ1v) is 7.79. The van der Waals surface area contributed by atoms with Crippen LogP contribution in [-0.4, -0.2) is 31.1 Å². The molecule has 0 radical (unpaired) electrons. The second-order valence-electron chi connectivity index (χ2n) is 5.95. The Labute approximate surface area is 118 Å². The molecule has 1 saturated heterocycles. The van der Waals surface area contributed by atoms with Crippen molar-refractivity contribution in [3.05, 3.63) is 35.4 Å². The maximum absolute atomic E-state index is 3.45. The highest BCUT2D eigenvalue weighted by molar-refractivity contribution is 5.22. The third kappa shape index (κ3) is 4.96. The summed E-state index contributed by atoms with van der Waals surface area (Å²) in [7, 11) is 0. The van der Waals surface area contributed by atoms with Gasteiger partial charge in [-0.2, -0.15) is 0 Å². The van der Waals surface area contributed by atoms with Crippen LogP contribution in [0, 0.1) is 5.92 Å². The Balaban J connectivity index is 1.74. The van der Waals surface area contributed by atoms with Crippen LogP contribution in [-0.2, 0) is 13.0 Å². The predicted molar refractivity (Wildman–Crippen MR) is 82.4 cm³/mol. The van der Waals surface area contributed by atoms with E-state index >= 15 is 0 Å².